The number of hydrogen-bond donors (Lipinski definition) is 2. The monoisotopic (exact) mass is 1740 g/mol. The highest BCUT2D eigenvalue weighted by atomic mass is 35.5. The molecular formula is C93H94Cl2F3N9O11S3. The smallest absolute Gasteiger partial charge is 0.416 e. The van der Waals surface area contributed by atoms with E-state index in [1.165, 1.54) is 51.2 Å². The first-order valence-electron chi connectivity index (χ1n) is 39.4. The summed E-state index contributed by atoms with van der Waals surface area (Å²) < 4.78 is 88.5. The van der Waals surface area contributed by atoms with Crippen molar-refractivity contribution in [2.45, 2.75) is 111 Å². The molecule has 3 aliphatic heterocycles. The van der Waals surface area contributed by atoms with Crippen molar-refractivity contribution >= 4 is 74.7 Å². The summed E-state index contributed by atoms with van der Waals surface area (Å²) in [5.74, 6) is 6.87. The highest BCUT2D eigenvalue weighted by Crippen LogP contribution is 2.38. The number of rotatable bonds is 35. The van der Waals surface area contributed by atoms with Crippen LogP contribution in [0, 0.1) is 0 Å². The van der Waals surface area contributed by atoms with E-state index in [1.807, 2.05) is 145 Å². The Labute approximate surface area is 724 Å². The van der Waals surface area contributed by atoms with E-state index >= 15 is 0 Å². The van der Waals surface area contributed by atoms with Gasteiger partial charge in [0.2, 0.25) is 20.4 Å². The van der Waals surface area contributed by atoms with Gasteiger partial charge in [-0.2, -0.15) is 13.2 Å². The molecule has 0 bridgehead atoms. The molecule has 0 saturated heterocycles. The molecule has 0 fully saturated rings. The van der Waals surface area contributed by atoms with E-state index in [0.717, 1.165) is 143 Å². The summed E-state index contributed by atoms with van der Waals surface area (Å²) in [5.41, 5.74) is 13.3. The third-order valence-corrected chi connectivity index (χ3v) is 23.2. The lowest BCUT2D eigenvalue weighted by molar-refractivity contribution is -0.137. The van der Waals surface area contributed by atoms with Gasteiger partial charge in [0.15, 0.2) is 34.5 Å². The van der Waals surface area contributed by atoms with Crippen molar-refractivity contribution in [1.82, 2.24) is 45.2 Å². The molecule has 630 valence electrons. The Balaban J connectivity index is 0.000000157. The van der Waals surface area contributed by atoms with Crippen molar-refractivity contribution in [2.24, 2.45) is 0 Å². The number of alkyl halides is 3. The van der Waals surface area contributed by atoms with Crippen molar-refractivity contribution < 1.29 is 65.4 Å². The number of benzene rings is 9. The number of carbonyl (C=O) groups excluding carboxylic acids is 2. The average molecular weight is 1740 g/mol. The van der Waals surface area contributed by atoms with Crippen LogP contribution in [0.3, 0.4) is 0 Å². The Morgan fingerprint density at radius 2 is 0.860 bits per heavy atom. The lowest BCUT2D eigenvalue weighted by Crippen LogP contribution is -2.29. The molecule has 28 heteroatoms. The first-order chi connectivity index (χ1) is 58.7. The molecular weight excluding hydrogens is 1640 g/mol. The van der Waals surface area contributed by atoms with Gasteiger partial charge in [-0.3, -0.25) is 24.3 Å². The van der Waals surface area contributed by atoms with E-state index < -0.39 is 11.7 Å². The topological polar surface area (TPSA) is 193 Å². The van der Waals surface area contributed by atoms with Gasteiger partial charge >= 0.3 is 6.18 Å². The van der Waals surface area contributed by atoms with Crippen molar-refractivity contribution in [3.63, 3.8) is 0 Å². The Bertz CT molecular complexity index is 5480. The van der Waals surface area contributed by atoms with Gasteiger partial charge in [-0.25, -0.2) is 15.0 Å². The molecule has 0 radical (unpaired) electrons. The number of hydrogen-bond acceptors (Lipinski definition) is 21. The van der Waals surface area contributed by atoms with E-state index in [2.05, 4.69) is 93.2 Å². The van der Waals surface area contributed by atoms with Crippen LogP contribution in [0.15, 0.2) is 211 Å². The molecule has 15 rings (SSSR count). The van der Waals surface area contributed by atoms with Crippen LogP contribution in [0.5, 0.6) is 51.7 Å². The Hall–Kier alpha value is -11.2. The van der Waals surface area contributed by atoms with Crippen LogP contribution in [0.25, 0.3) is 5.70 Å². The number of nitrogens with one attached hydrogen (secondary N) is 2. The van der Waals surface area contributed by atoms with Crippen molar-refractivity contribution in [1.29, 1.82) is 0 Å². The van der Waals surface area contributed by atoms with Gasteiger partial charge in [0.1, 0.15) is 43.7 Å². The summed E-state index contributed by atoms with van der Waals surface area (Å²) in [5, 5.41) is 15.8. The summed E-state index contributed by atoms with van der Waals surface area (Å²) in [6, 6.07) is 59.4. The van der Waals surface area contributed by atoms with E-state index in [9.17, 15) is 22.8 Å². The number of carbonyl (C=O) groups is 2. The average Bonchev–Trinajstić information content (AvgIpc) is 1.71. The number of ether oxygens (including phenoxy) is 9. The van der Waals surface area contributed by atoms with Crippen LogP contribution in [0.1, 0.15) is 122 Å². The normalized spacial score (nSPS) is 12.2. The fourth-order valence-electron chi connectivity index (χ4n) is 13.8. The zero-order valence-corrected chi connectivity index (χ0v) is 72.0. The maximum atomic E-state index is 13.2. The first kappa shape index (κ1) is 87.6. The fraction of sp³-hybridized carbons (Fsp3) is 0.280. The SMILES string of the molecule is C=C(NCc1cccc(C(F)(F)F)c1)c1csc(CN(Cc2ccc(OC)cc2)Cc2ccc3c(c2)OCO3)n1.CCc1ccc(CCN(C)C(=O)c2csc(CN(Cc3ccc(Cl)cc3)Cc3ccc4c(c3)OCO4)n2)cc1OC.CCc1ccc(CCNC(=O)c2csc(CN(Cc3ccc(Cl)cc3)Cc3ccc4c(c3)OCO4)n2)cc1OC. The summed E-state index contributed by atoms with van der Waals surface area (Å²) in [6.45, 7) is 16.2. The minimum absolute atomic E-state index is 0.0790. The quantitative estimate of drug-likeness (QED) is 0.0381. The minimum atomic E-state index is -4.38. The second-order valence-corrected chi connectivity index (χ2v) is 32.7. The molecule has 0 aliphatic carbocycles. The lowest BCUT2D eigenvalue weighted by Gasteiger charge is -2.22. The standard InChI is InChI=1S/C32H34ClN3O4S.C31H32ClN3O4S.C30H28F3N3O3S/c1-4-25-9-5-22(15-29(25)38-3)13-14-35(2)32(37)27-20-41-31(34-27)19-36(17-23-6-10-26(33)11-7-23)18-24-8-12-28-30(16-24)40-21-39-28;1-3-24-8-4-21(14-28(24)37-2)12-13-33-31(36)26-19-40-30(34-26)18-35(16-22-5-9-25(32)10-6-22)17-23-7-11-27-29(15-23)39-20-38-27;1-20(34-14-22-4-3-5-24(12-22)30(31,32)33)26-18-40-29(35-26)17-36(15-21-6-9-25(37-2)10-7-21)16-23-8-11-27-28(13-23)39-19-38-27/h5-12,15-16,20H,4,13-14,17-19,21H2,1-3H3;4-11,14-15,19H,3,12-13,16-18,20H2,1-2H3,(H,33,36);3-13,18,34H,1,14-17,19H2,2H3. The molecule has 0 spiro atoms. The van der Waals surface area contributed by atoms with Crippen LogP contribution in [0.4, 0.5) is 13.2 Å². The van der Waals surface area contributed by atoms with E-state index in [1.54, 1.807) is 32.3 Å². The summed E-state index contributed by atoms with van der Waals surface area (Å²) in [7, 11) is 6.85. The van der Waals surface area contributed by atoms with E-state index in [-0.39, 0.29) is 38.7 Å². The molecule has 9 aromatic carbocycles. The van der Waals surface area contributed by atoms with Gasteiger partial charge in [-0.15, -0.1) is 34.0 Å². The summed E-state index contributed by atoms with van der Waals surface area (Å²) in [6.07, 6.45) is -1.09. The molecule has 2 N–H and O–H groups in total. The minimum Gasteiger partial charge on any atom is -0.497 e. The fourth-order valence-corrected chi connectivity index (χ4v) is 16.5. The Kier molecular flexibility index (Phi) is 30.7. The van der Waals surface area contributed by atoms with Crippen LogP contribution in [-0.4, -0.2) is 108 Å². The van der Waals surface area contributed by atoms with Gasteiger partial charge in [-0.05, 0) is 184 Å². The van der Waals surface area contributed by atoms with Crippen molar-refractivity contribution in [2.75, 3.05) is 61.8 Å². The molecule has 20 nitrogen and oxygen atoms in total. The molecule has 0 saturated carbocycles. The number of amides is 2. The second-order valence-electron chi connectivity index (χ2n) is 29.0. The number of aryl methyl sites for hydroxylation is 2. The molecule has 2 amide bonds. The van der Waals surface area contributed by atoms with Gasteiger partial charge in [-0.1, -0.05) is 135 Å². The summed E-state index contributed by atoms with van der Waals surface area (Å²) >= 11 is 16.7. The lowest BCUT2D eigenvalue weighted by atomic mass is 10.1. The first-order valence-corrected chi connectivity index (χ1v) is 42.8. The largest absolute Gasteiger partial charge is 0.497 e. The maximum absolute atomic E-state index is 13.2. The second kappa shape index (κ2) is 42.3. The molecule has 0 unspecified atom stereocenters. The highest BCUT2D eigenvalue weighted by Gasteiger charge is 2.31. The van der Waals surface area contributed by atoms with Gasteiger partial charge in [0.25, 0.3) is 11.8 Å². The van der Waals surface area contributed by atoms with Crippen LogP contribution in [0.2, 0.25) is 10.0 Å². The number of methoxy groups -OCH3 is 3. The number of likely N-dealkylation sites (N-methyl/N-ethyl adjacent to an activating group) is 1. The van der Waals surface area contributed by atoms with Crippen LogP contribution >= 0.6 is 57.2 Å². The number of thiazole rings is 3. The number of nitrogens with zero attached hydrogens (tertiary/aromatic N) is 7. The molecule has 12 aromatic rings. The Morgan fingerprint density at radius 1 is 0.455 bits per heavy atom. The number of aromatic nitrogens is 3. The predicted molar refractivity (Wildman–Crippen MR) is 468 cm³/mol. The van der Waals surface area contributed by atoms with Crippen LogP contribution < -0.4 is 53.3 Å². The highest BCUT2D eigenvalue weighted by molar-refractivity contribution is 7.10. The molecule has 0 atom stereocenters. The van der Waals surface area contributed by atoms with Crippen molar-refractivity contribution in [3.8, 4) is 51.7 Å². The van der Waals surface area contributed by atoms with E-state index in [4.69, 9.17) is 75.8 Å². The predicted octanol–water partition coefficient (Wildman–Crippen LogP) is 19.7. The molecule has 6 heterocycles. The van der Waals surface area contributed by atoms with Gasteiger partial charge < -0.3 is 58.2 Å². The van der Waals surface area contributed by atoms with Crippen LogP contribution in [-0.2, 0) is 97.3 Å². The Morgan fingerprint density at radius 3 is 1.31 bits per heavy atom. The number of fused-ring (bicyclic) bond motifs is 3. The van der Waals surface area contributed by atoms with Gasteiger partial charge in [0, 0.05) is 92.1 Å². The molecule has 121 heavy (non-hydrogen) atoms. The van der Waals surface area contributed by atoms with Gasteiger partial charge in [0.05, 0.1) is 57.9 Å². The molecule has 3 aromatic heterocycles. The molecule has 3 aliphatic rings. The zero-order chi connectivity index (χ0) is 84.8. The zero-order valence-electron chi connectivity index (χ0n) is 68.0. The third-order valence-electron chi connectivity index (χ3n) is 20.2. The number of halogens is 5. The maximum Gasteiger partial charge on any atom is 0.416 e. The summed E-state index contributed by atoms with van der Waals surface area (Å²) in [4.78, 5) is 48.8. The van der Waals surface area contributed by atoms with Crippen molar-refractivity contribution in [3.05, 3.63) is 320 Å². The van der Waals surface area contributed by atoms with E-state index in [0.29, 0.717) is 117 Å². The third kappa shape index (κ3) is 25.0.